The Morgan fingerprint density at radius 2 is 1.45 bits per heavy atom. The number of primary amides is 1. The molecule has 306 valence electrons. The fraction of sp³-hybridized carbons (Fsp3) is 0.636. The Bertz CT molecular complexity index is 1520. The number of hydrogen-bond acceptors (Lipinski definition) is 12. The third-order valence-electron chi connectivity index (χ3n) is 8.79. The van der Waals surface area contributed by atoms with E-state index in [1.807, 2.05) is 0 Å². The van der Waals surface area contributed by atoms with E-state index in [1.54, 1.807) is 6.20 Å². The van der Waals surface area contributed by atoms with Crippen LogP contribution in [0.4, 0.5) is 0 Å². The van der Waals surface area contributed by atoms with Crippen LogP contribution in [0.1, 0.15) is 77.3 Å². The van der Waals surface area contributed by atoms with Gasteiger partial charge in [0.1, 0.15) is 36.3 Å². The molecule has 1 aromatic heterocycles. The van der Waals surface area contributed by atoms with Gasteiger partial charge in [0, 0.05) is 32.0 Å². The number of imidazole rings is 1. The van der Waals surface area contributed by atoms with Gasteiger partial charge in [-0.05, 0) is 65.3 Å². The van der Waals surface area contributed by atoms with Crippen LogP contribution in [0.5, 0.6) is 0 Å². The minimum atomic E-state index is -1.54. The van der Waals surface area contributed by atoms with Gasteiger partial charge in [-0.25, -0.2) is 9.78 Å². The van der Waals surface area contributed by atoms with Gasteiger partial charge in [-0.3, -0.25) is 38.4 Å². The van der Waals surface area contributed by atoms with Crippen molar-refractivity contribution in [3.05, 3.63) is 18.2 Å². The average Bonchev–Trinajstić information content (AvgIpc) is 3.83. The van der Waals surface area contributed by atoms with Gasteiger partial charge >= 0.3 is 11.9 Å². The summed E-state index contributed by atoms with van der Waals surface area (Å²) < 4.78 is 0. The first-order valence-electron chi connectivity index (χ1n) is 17.9. The molecular formula is C33H53N11O11. The Hall–Kier alpha value is -5.64. The molecule has 1 aliphatic heterocycles. The van der Waals surface area contributed by atoms with Gasteiger partial charge < -0.3 is 63.9 Å². The molecule has 0 bridgehead atoms. The summed E-state index contributed by atoms with van der Waals surface area (Å²) in [6.07, 6.45) is 2.82. The predicted molar refractivity (Wildman–Crippen MR) is 192 cm³/mol. The minimum Gasteiger partial charge on any atom is -0.481 e. The van der Waals surface area contributed by atoms with Crippen LogP contribution in [-0.4, -0.2) is 134 Å². The highest BCUT2D eigenvalue weighted by molar-refractivity contribution is 5.97. The SMILES string of the molecule is C[C@H](NC(=O)[C@@H](N)Cc1c[nH]cn1)C(=O)N[C@@H](C)C(=O)N1CCC[C@H]1C(=O)N[C@@H](CCC(=O)O)C(=O)N[C@@H](CCC(N)=O)C(=O)N[C@@H](CCCCN)C(=O)O. The highest BCUT2D eigenvalue weighted by Crippen LogP contribution is 2.19. The van der Waals surface area contributed by atoms with Crippen molar-refractivity contribution in [2.24, 2.45) is 17.2 Å². The maximum Gasteiger partial charge on any atom is 0.326 e. The normalized spacial score (nSPS) is 17.0. The number of likely N-dealkylation sites (tertiary alicyclic amines) is 1. The number of H-pyrrole nitrogens is 1. The summed E-state index contributed by atoms with van der Waals surface area (Å²) in [6, 6.07) is -8.73. The molecule has 0 unspecified atom stereocenters. The van der Waals surface area contributed by atoms with Crippen molar-refractivity contribution in [1.82, 2.24) is 41.5 Å². The molecule has 2 rings (SSSR count). The number of carboxylic acid groups (broad SMARTS) is 2. The van der Waals surface area contributed by atoms with Crippen molar-refractivity contribution >= 4 is 53.3 Å². The lowest BCUT2D eigenvalue weighted by molar-refractivity contribution is -0.143. The van der Waals surface area contributed by atoms with Crippen molar-refractivity contribution < 1.29 is 53.4 Å². The molecule has 1 aliphatic rings. The van der Waals surface area contributed by atoms with E-state index in [-0.39, 0.29) is 38.6 Å². The highest BCUT2D eigenvalue weighted by atomic mass is 16.4. The molecule has 55 heavy (non-hydrogen) atoms. The number of aromatic amines is 1. The quantitative estimate of drug-likeness (QED) is 0.0447. The Labute approximate surface area is 316 Å². The Morgan fingerprint density at radius 3 is 2.04 bits per heavy atom. The van der Waals surface area contributed by atoms with E-state index in [9.17, 15) is 53.4 Å². The van der Waals surface area contributed by atoms with Crippen LogP contribution in [0.2, 0.25) is 0 Å². The molecule has 0 spiro atoms. The van der Waals surface area contributed by atoms with E-state index in [2.05, 4.69) is 36.6 Å². The van der Waals surface area contributed by atoms with E-state index in [1.165, 1.54) is 25.1 Å². The lowest BCUT2D eigenvalue weighted by Gasteiger charge is -2.29. The molecule has 22 nitrogen and oxygen atoms in total. The number of rotatable bonds is 24. The number of hydrogen-bond donors (Lipinski definition) is 11. The molecule has 1 saturated heterocycles. The van der Waals surface area contributed by atoms with Crippen LogP contribution < -0.4 is 43.8 Å². The smallest absolute Gasteiger partial charge is 0.326 e. The third kappa shape index (κ3) is 15.3. The zero-order chi connectivity index (χ0) is 41.2. The summed E-state index contributed by atoms with van der Waals surface area (Å²) in [5.74, 6) is -8.20. The topological polar surface area (TPSA) is 364 Å². The molecule has 7 atom stereocenters. The summed E-state index contributed by atoms with van der Waals surface area (Å²) in [5.41, 5.74) is 17.2. The van der Waals surface area contributed by atoms with Gasteiger partial charge in [0.15, 0.2) is 0 Å². The monoisotopic (exact) mass is 779 g/mol. The van der Waals surface area contributed by atoms with Crippen LogP contribution in [-0.2, 0) is 49.6 Å². The van der Waals surface area contributed by atoms with Crippen molar-refractivity contribution in [3.8, 4) is 0 Å². The van der Waals surface area contributed by atoms with Gasteiger partial charge in [-0.1, -0.05) is 0 Å². The van der Waals surface area contributed by atoms with Crippen molar-refractivity contribution in [1.29, 1.82) is 0 Å². The second kappa shape index (κ2) is 22.5. The van der Waals surface area contributed by atoms with E-state index < -0.39 is 108 Å². The number of aromatic nitrogens is 2. The minimum absolute atomic E-state index is 0.0302. The van der Waals surface area contributed by atoms with E-state index in [4.69, 9.17) is 17.2 Å². The molecule has 0 aromatic carbocycles. The summed E-state index contributed by atoms with van der Waals surface area (Å²) >= 11 is 0. The molecule has 7 amide bonds. The first kappa shape index (κ1) is 45.5. The summed E-state index contributed by atoms with van der Waals surface area (Å²) in [7, 11) is 0. The molecule has 14 N–H and O–H groups in total. The number of carboxylic acids is 2. The largest absolute Gasteiger partial charge is 0.481 e. The number of carbonyl (C=O) groups is 9. The number of unbranched alkanes of at least 4 members (excludes halogenated alkanes) is 1. The number of amides is 7. The molecule has 1 aromatic rings. The lowest BCUT2D eigenvalue weighted by atomic mass is 10.0. The summed E-state index contributed by atoms with van der Waals surface area (Å²) in [5, 5.41) is 31.0. The van der Waals surface area contributed by atoms with E-state index in [0.717, 1.165) is 0 Å². The maximum atomic E-state index is 13.6. The number of nitrogens with one attached hydrogen (secondary N) is 6. The molecule has 0 aliphatic carbocycles. The molecule has 1 fully saturated rings. The fourth-order valence-corrected chi connectivity index (χ4v) is 5.71. The number of aliphatic carboxylic acids is 2. The van der Waals surface area contributed by atoms with Gasteiger partial charge in [0.2, 0.25) is 41.4 Å². The summed E-state index contributed by atoms with van der Waals surface area (Å²) in [6.45, 7) is 3.20. The molecular weight excluding hydrogens is 726 g/mol. The Kier molecular flexibility index (Phi) is 18.7. The van der Waals surface area contributed by atoms with Crippen LogP contribution in [0.15, 0.2) is 12.5 Å². The van der Waals surface area contributed by atoms with Crippen molar-refractivity contribution in [2.75, 3.05) is 13.1 Å². The van der Waals surface area contributed by atoms with Crippen molar-refractivity contribution in [2.45, 2.75) is 120 Å². The third-order valence-corrected chi connectivity index (χ3v) is 8.79. The van der Waals surface area contributed by atoms with Gasteiger partial charge in [-0.15, -0.1) is 0 Å². The lowest BCUT2D eigenvalue weighted by Crippen LogP contribution is -2.59. The maximum absolute atomic E-state index is 13.6. The second-order valence-electron chi connectivity index (χ2n) is 13.3. The zero-order valence-corrected chi connectivity index (χ0v) is 30.9. The number of nitrogens with zero attached hydrogens (tertiary/aromatic N) is 2. The first-order chi connectivity index (χ1) is 25.9. The van der Waals surface area contributed by atoms with Gasteiger partial charge in [0.05, 0.1) is 18.1 Å². The van der Waals surface area contributed by atoms with Crippen LogP contribution in [0, 0.1) is 0 Å². The highest BCUT2D eigenvalue weighted by Gasteiger charge is 2.39. The van der Waals surface area contributed by atoms with Crippen LogP contribution in [0.25, 0.3) is 0 Å². The fourth-order valence-electron chi connectivity index (χ4n) is 5.71. The molecule has 0 saturated carbocycles. The number of carbonyl (C=O) groups excluding carboxylic acids is 7. The van der Waals surface area contributed by atoms with Gasteiger partial charge in [0.25, 0.3) is 0 Å². The standard InChI is InChI=1S/C33H53N11O11/c1-17(39-28(49)20(35)14-19-15-37-16-38-19)27(48)40-18(2)32(53)44-13-5-7-24(44)31(52)42-22(9-11-26(46)47)29(50)41-21(8-10-25(36)45)30(51)43-23(33(54)55)6-3-4-12-34/h15-18,20-24H,3-14,34-35H2,1-2H3,(H2,36,45)(H,37,38)(H,39,49)(H,40,48)(H,41,50)(H,42,52)(H,43,51)(H,46,47)(H,54,55)/t17-,18-,20-,21-,22-,23-,24-/m0/s1. The Balaban J connectivity index is 2.11. The molecule has 2 heterocycles. The van der Waals surface area contributed by atoms with Crippen LogP contribution in [0.3, 0.4) is 0 Å². The predicted octanol–water partition coefficient (Wildman–Crippen LogP) is -3.92. The second-order valence-corrected chi connectivity index (χ2v) is 13.3. The first-order valence-corrected chi connectivity index (χ1v) is 17.9. The van der Waals surface area contributed by atoms with E-state index in [0.29, 0.717) is 31.5 Å². The van der Waals surface area contributed by atoms with Crippen molar-refractivity contribution in [3.63, 3.8) is 0 Å². The average molecular weight is 780 g/mol. The Morgan fingerprint density at radius 1 is 0.836 bits per heavy atom. The van der Waals surface area contributed by atoms with Gasteiger partial charge in [-0.2, -0.15) is 0 Å². The molecule has 22 heteroatoms. The summed E-state index contributed by atoms with van der Waals surface area (Å²) in [4.78, 5) is 122. The van der Waals surface area contributed by atoms with Crippen LogP contribution >= 0.6 is 0 Å². The van der Waals surface area contributed by atoms with E-state index >= 15 is 0 Å². The number of nitrogens with two attached hydrogens (primary N) is 3. The zero-order valence-electron chi connectivity index (χ0n) is 30.9. The molecule has 0 radical (unpaired) electrons.